The van der Waals surface area contributed by atoms with Gasteiger partial charge in [0.25, 0.3) is 0 Å². The number of likely N-dealkylation sites (tertiary alicyclic amines) is 1. The molecular formula is C23H41IN6O3. The maximum absolute atomic E-state index is 12.9. The molecule has 0 aromatic carbocycles. The minimum absolute atomic E-state index is 0. The molecule has 0 radical (unpaired) electrons. The molecule has 10 heteroatoms. The van der Waals surface area contributed by atoms with Gasteiger partial charge in [0.2, 0.25) is 5.89 Å². The predicted molar refractivity (Wildman–Crippen MR) is 139 cm³/mol. The third-order valence-corrected chi connectivity index (χ3v) is 5.70. The van der Waals surface area contributed by atoms with Gasteiger partial charge in [0, 0.05) is 45.2 Å². The van der Waals surface area contributed by atoms with E-state index in [0.29, 0.717) is 24.2 Å². The molecule has 0 unspecified atom stereocenters. The zero-order valence-electron chi connectivity index (χ0n) is 20.8. The fourth-order valence-corrected chi connectivity index (χ4v) is 3.94. The predicted octanol–water partition coefficient (Wildman–Crippen LogP) is 4.01. The van der Waals surface area contributed by atoms with Crippen molar-refractivity contribution in [2.45, 2.75) is 84.8 Å². The number of aryl methyl sites for hydroxylation is 2. The second-order valence-corrected chi connectivity index (χ2v) is 9.87. The quantitative estimate of drug-likeness (QED) is 0.216. The third kappa shape index (κ3) is 9.29. The molecule has 2 aliphatic rings. The maximum atomic E-state index is 12.9. The molecule has 2 heterocycles. The average molecular weight is 577 g/mol. The molecule has 1 aromatic heterocycles. The van der Waals surface area contributed by atoms with Crippen LogP contribution in [0.3, 0.4) is 0 Å². The zero-order chi connectivity index (χ0) is 23.1. The summed E-state index contributed by atoms with van der Waals surface area (Å²) in [5, 5.41) is 7.24. The molecule has 1 aliphatic heterocycles. The van der Waals surface area contributed by atoms with Crippen molar-refractivity contribution in [3.05, 3.63) is 11.7 Å². The number of aromatic nitrogens is 2. The van der Waals surface area contributed by atoms with Crippen molar-refractivity contribution < 1.29 is 14.1 Å². The molecule has 3 rings (SSSR count). The smallest absolute Gasteiger partial charge is 0.410 e. The summed E-state index contributed by atoms with van der Waals surface area (Å²) in [7, 11) is 0. The Bertz CT molecular complexity index is 766. The van der Waals surface area contributed by atoms with Crippen molar-refractivity contribution in [2.24, 2.45) is 10.9 Å². The van der Waals surface area contributed by atoms with E-state index in [-0.39, 0.29) is 36.1 Å². The van der Waals surface area contributed by atoms with Gasteiger partial charge >= 0.3 is 6.09 Å². The fourth-order valence-electron chi connectivity index (χ4n) is 3.94. The number of amides is 1. The lowest BCUT2D eigenvalue weighted by Gasteiger charge is -2.40. The van der Waals surface area contributed by atoms with Gasteiger partial charge in [-0.3, -0.25) is 4.99 Å². The van der Waals surface area contributed by atoms with E-state index in [4.69, 9.17) is 14.3 Å². The number of aliphatic imine (C=N–C) groups is 1. The molecule has 9 nitrogen and oxygen atoms in total. The summed E-state index contributed by atoms with van der Waals surface area (Å²) in [5.41, 5.74) is -0.468. The maximum Gasteiger partial charge on any atom is 0.410 e. The van der Waals surface area contributed by atoms with Crippen molar-refractivity contribution in [1.29, 1.82) is 0 Å². The summed E-state index contributed by atoms with van der Waals surface area (Å²) >= 11 is 0. The van der Waals surface area contributed by atoms with Gasteiger partial charge in [0.15, 0.2) is 11.8 Å². The van der Waals surface area contributed by atoms with E-state index < -0.39 is 5.60 Å². The van der Waals surface area contributed by atoms with Gasteiger partial charge in [-0.2, -0.15) is 4.98 Å². The summed E-state index contributed by atoms with van der Waals surface area (Å²) in [6.45, 7) is 13.8. The summed E-state index contributed by atoms with van der Waals surface area (Å²) in [6.07, 6.45) is 5.73. The lowest BCUT2D eigenvalue weighted by atomic mass is 10.0. The summed E-state index contributed by atoms with van der Waals surface area (Å²) in [6, 6.07) is 0.227. The van der Waals surface area contributed by atoms with Crippen LogP contribution in [0.15, 0.2) is 9.52 Å². The van der Waals surface area contributed by atoms with E-state index in [1.54, 1.807) is 0 Å². The first-order valence-corrected chi connectivity index (χ1v) is 12.1. The highest BCUT2D eigenvalue weighted by atomic mass is 127. The number of nitrogens with zero attached hydrogens (tertiary/aromatic N) is 5. The molecule has 33 heavy (non-hydrogen) atoms. The van der Waals surface area contributed by atoms with Crippen LogP contribution in [-0.4, -0.2) is 76.4 Å². The Morgan fingerprint density at radius 2 is 1.97 bits per heavy atom. The summed E-state index contributed by atoms with van der Waals surface area (Å²) in [5.74, 6) is 2.92. The van der Waals surface area contributed by atoms with E-state index in [9.17, 15) is 4.79 Å². The highest BCUT2D eigenvalue weighted by Crippen LogP contribution is 2.32. The van der Waals surface area contributed by atoms with Crippen LogP contribution in [0.25, 0.3) is 0 Å². The monoisotopic (exact) mass is 576 g/mol. The van der Waals surface area contributed by atoms with Crippen LogP contribution in [0.1, 0.15) is 71.5 Å². The number of hydrogen-bond acceptors (Lipinski definition) is 6. The van der Waals surface area contributed by atoms with Gasteiger partial charge in [-0.15, -0.1) is 24.0 Å². The van der Waals surface area contributed by atoms with E-state index in [0.717, 1.165) is 57.8 Å². The van der Waals surface area contributed by atoms with Crippen molar-refractivity contribution >= 4 is 36.0 Å². The number of piperidine rings is 1. The molecule has 1 amide bonds. The highest BCUT2D eigenvalue weighted by Gasteiger charge is 2.35. The Balaban J connectivity index is 0.00000385. The average Bonchev–Trinajstić information content (AvgIpc) is 3.46. The molecule has 0 atom stereocenters. The first-order chi connectivity index (χ1) is 15.2. The van der Waals surface area contributed by atoms with Crippen LogP contribution >= 0.6 is 24.0 Å². The van der Waals surface area contributed by atoms with Crippen molar-refractivity contribution in [3.8, 4) is 0 Å². The van der Waals surface area contributed by atoms with Gasteiger partial charge in [-0.05, 0) is 72.6 Å². The summed E-state index contributed by atoms with van der Waals surface area (Å²) in [4.78, 5) is 26.2. The molecule has 1 aliphatic carbocycles. The Hall–Kier alpha value is -1.59. The summed E-state index contributed by atoms with van der Waals surface area (Å²) < 4.78 is 10.9. The molecule has 1 saturated heterocycles. The SMILES string of the molecule is CCNC(=NCCCc1nc(C)no1)N1CCC(N(CC2CC2)C(=O)OC(C)(C)C)CC1.I. The number of hydrogen-bond donors (Lipinski definition) is 1. The first-order valence-electron chi connectivity index (χ1n) is 12.1. The molecule has 1 saturated carbocycles. The molecule has 2 fully saturated rings. The number of guanidine groups is 1. The van der Waals surface area contributed by atoms with Gasteiger partial charge in [0.1, 0.15) is 5.60 Å². The van der Waals surface area contributed by atoms with E-state index in [1.165, 1.54) is 12.8 Å². The van der Waals surface area contributed by atoms with Crippen LogP contribution in [0, 0.1) is 12.8 Å². The van der Waals surface area contributed by atoms with E-state index in [2.05, 4.69) is 27.3 Å². The van der Waals surface area contributed by atoms with Crippen LogP contribution in [0.5, 0.6) is 0 Å². The largest absolute Gasteiger partial charge is 0.444 e. The van der Waals surface area contributed by atoms with Gasteiger partial charge in [0.05, 0.1) is 0 Å². The lowest BCUT2D eigenvalue weighted by molar-refractivity contribution is 0.00928. The van der Waals surface area contributed by atoms with Crippen LogP contribution in [-0.2, 0) is 11.2 Å². The number of rotatable bonds is 8. The van der Waals surface area contributed by atoms with Gasteiger partial charge in [-0.25, -0.2) is 4.79 Å². The van der Waals surface area contributed by atoms with Gasteiger partial charge < -0.3 is 24.4 Å². The van der Waals surface area contributed by atoms with Crippen LogP contribution in [0.2, 0.25) is 0 Å². The van der Waals surface area contributed by atoms with Crippen molar-refractivity contribution in [3.63, 3.8) is 0 Å². The molecule has 0 spiro atoms. The normalized spacial score (nSPS) is 17.5. The van der Waals surface area contributed by atoms with Crippen molar-refractivity contribution in [2.75, 3.05) is 32.7 Å². The molecule has 0 bridgehead atoms. The minimum Gasteiger partial charge on any atom is -0.444 e. The Morgan fingerprint density at radius 3 is 2.52 bits per heavy atom. The molecular weight excluding hydrogens is 535 g/mol. The number of carbonyl (C=O) groups is 1. The molecule has 1 aromatic rings. The number of nitrogens with one attached hydrogen (secondary N) is 1. The number of halogens is 1. The second-order valence-electron chi connectivity index (χ2n) is 9.87. The first kappa shape index (κ1) is 27.7. The van der Waals surface area contributed by atoms with Crippen molar-refractivity contribution in [1.82, 2.24) is 25.3 Å². The molecule has 1 N–H and O–H groups in total. The Kier molecular flexibility index (Phi) is 10.7. The Morgan fingerprint density at radius 1 is 1.27 bits per heavy atom. The standard InChI is InChI=1S/C23H40N6O3.HI/c1-6-24-21(25-13-7-8-20-26-17(2)27-32-20)28-14-11-19(12-15-28)29(16-18-9-10-18)22(30)31-23(3,4)5;/h18-19H,6-16H2,1-5H3,(H,24,25);1H. The molecule has 188 valence electrons. The van der Waals surface area contributed by atoms with Crippen LogP contribution in [0.4, 0.5) is 4.79 Å². The van der Waals surface area contributed by atoms with E-state index in [1.807, 2.05) is 32.6 Å². The Labute approximate surface area is 215 Å². The van der Waals surface area contributed by atoms with Crippen LogP contribution < -0.4 is 5.32 Å². The second kappa shape index (κ2) is 12.8. The zero-order valence-corrected chi connectivity index (χ0v) is 23.1. The van der Waals surface area contributed by atoms with Gasteiger partial charge in [-0.1, -0.05) is 5.16 Å². The lowest BCUT2D eigenvalue weighted by Crippen LogP contribution is -2.52. The number of carbonyl (C=O) groups excluding carboxylic acids is 1. The van der Waals surface area contributed by atoms with E-state index >= 15 is 0 Å². The minimum atomic E-state index is -0.468. The number of ether oxygens (including phenoxy) is 1. The highest BCUT2D eigenvalue weighted by molar-refractivity contribution is 14.0. The topological polar surface area (TPSA) is 96.1 Å². The third-order valence-electron chi connectivity index (χ3n) is 5.70. The fraction of sp³-hybridized carbons (Fsp3) is 0.826.